The average Bonchev–Trinajstić information content (AvgIpc) is 3.11. The molecule has 2 aromatic rings. The van der Waals surface area contributed by atoms with Crippen LogP contribution in [-0.2, 0) is 14.3 Å². The summed E-state index contributed by atoms with van der Waals surface area (Å²) in [5.41, 5.74) is 4.64. The van der Waals surface area contributed by atoms with Crippen LogP contribution >= 0.6 is 0 Å². The number of carboxylic acid groups (broad SMARTS) is 1. The number of hydrogen-bond donors (Lipinski definition) is 3. The molecule has 0 heterocycles. The summed E-state index contributed by atoms with van der Waals surface area (Å²) in [5.74, 6) is -1.50. The molecule has 0 aromatic heterocycles. The summed E-state index contributed by atoms with van der Waals surface area (Å²) in [7, 11) is 0. The first-order chi connectivity index (χ1) is 15.9. The number of fused-ring (bicyclic) bond motifs is 3. The van der Waals surface area contributed by atoms with Crippen molar-refractivity contribution in [2.24, 2.45) is 5.92 Å². The van der Waals surface area contributed by atoms with Gasteiger partial charge in [-0.25, -0.2) is 4.79 Å². The van der Waals surface area contributed by atoms with Crippen LogP contribution in [0.2, 0.25) is 0 Å². The number of benzene rings is 2. The van der Waals surface area contributed by atoms with Gasteiger partial charge in [-0.3, -0.25) is 9.59 Å². The standard InChI is InChI=1S/C26H28N2O5/c1-16(13-24(29)30)27-25(31)17-7-6-8-18(14-17)28-26(32)33-15-23-21-11-4-2-9-19(21)20-10-3-5-12-22(20)23/h2-6,8-12,16-18,23H,7,13-15H2,1H3,(H,27,31)(H,28,32)(H,29,30)/t16?,17-,18-/m1/s1. The topological polar surface area (TPSA) is 105 Å². The molecule has 7 heteroatoms. The second-order valence-electron chi connectivity index (χ2n) is 8.68. The van der Waals surface area contributed by atoms with E-state index in [0.717, 1.165) is 11.1 Å². The summed E-state index contributed by atoms with van der Waals surface area (Å²) in [6.07, 6.45) is 4.07. The highest BCUT2D eigenvalue weighted by atomic mass is 16.5. The Kier molecular flexibility index (Phi) is 6.77. The lowest BCUT2D eigenvalue weighted by Gasteiger charge is -2.26. The van der Waals surface area contributed by atoms with E-state index in [-0.39, 0.29) is 36.8 Å². The van der Waals surface area contributed by atoms with Crippen LogP contribution in [0.4, 0.5) is 4.79 Å². The van der Waals surface area contributed by atoms with E-state index in [1.54, 1.807) is 6.92 Å². The van der Waals surface area contributed by atoms with Gasteiger partial charge in [0.2, 0.25) is 5.91 Å². The van der Waals surface area contributed by atoms with Crippen LogP contribution in [0.5, 0.6) is 0 Å². The van der Waals surface area contributed by atoms with Gasteiger partial charge in [-0.2, -0.15) is 0 Å². The van der Waals surface area contributed by atoms with Gasteiger partial charge in [0.05, 0.1) is 12.5 Å². The Balaban J connectivity index is 1.32. The Bertz CT molecular complexity index is 1030. The minimum atomic E-state index is -0.957. The third kappa shape index (κ3) is 5.25. The number of nitrogens with one attached hydrogen (secondary N) is 2. The predicted octanol–water partition coefficient (Wildman–Crippen LogP) is 3.84. The molecule has 3 N–H and O–H groups in total. The molecule has 0 radical (unpaired) electrons. The number of carboxylic acids is 1. The molecule has 0 fully saturated rings. The fourth-order valence-corrected chi connectivity index (χ4v) is 4.67. The quantitative estimate of drug-likeness (QED) is 0.558. The maximum atomic E-state index is 12.5. The van der Waals surface area contributed by atoms with Crippen molar-refractivity contribution in [2.45, 2.75) is 44.2 Å². The number of aliphatic carboxylic acids is 1. The number of hydrogen-bond acceptors (Lipinski definition) is 4. The third-order valence-electron chi connectivity index (χ3n) is 6.21. The molecular formula is C26H28N2O5. The fourth-order valence-electron chi connectivity index (χ4n) is 4.67. The second-order valence-corrected chi connectivity index (χ2v) is 8.68. The van der Waals surface area contributed by atoms with E-state index in [1.807, 2.05) is 36.4 Å². The smallest absolute Gasteiger partial charge is 0.407 e. The maximum absolute atomic E-state index is 12.5. The molecule has 7 nitrogen and oxygen atoms in total. The second kappa shape index (κ2) is 9.90. The Hall–Kier alpha value is -3.61. The minimum Gasteiger partial charge on any atom is -0.481 e. The predicted molar refractivity (Wildman–Crippen MR) is 124 cm³/mol. The molecule has 0 saturated heterocycles. The number of rotatable bonds is 7. The van der Waals surface area contributed by atoms with Crippen LogP contribution in [0.15, 0.2) is 60.7 Å². The molecule has 2 amide bonds. The monoisotopic (exact) mass is 448 g/mol. The Morgan fingerprint density at radius 1 is 1.06 bits per heavy atom. The van der Waals surface area contributed by atoms with Gasteiger partial charge in [-0.1, -0.05) is 60.7 Å². The summed E-state index contributed by atoms with van der Waals surface area (Å²) >= 11 is 0. The molecule has 33 heavy (non-hydrogen) atoms. The minimum absolute atomic E-state index is 0.0145. The summed E-state index contributed by atoms with van der Waals surface area (Å²) < 4.78 is 5.60. The van der Waals surface area contributed by atoms with Crippen molar-refractivity contribution >= 4 is 18.0 Å². The SMILES string of the molecule is CC(CC(=O)O)NC(=O)[C@@H]1CC=C[C@@H](NC(=O)OCC2c3ccccc3-c3ccccc32)C1. The average molecular weight is 449 g/mol. The maximum Gasteiger partial charge on any atom is 0.407 e. The largest absolute Gasteiger partial charge is 0.481 e. The van der Waals surface area contributed by atoms with Crippen molar-refractivity contribution in [1.29, 1.82) is 0 Å². The van der Waals surface area contributed by atoms with Gasteiger partial charge in [0, 0.05) is 17.9 Å². The molecule has 0 saturated carbocycles. The van der Waals surface area contributed by atoms with E-state index in [2.05, 4.69) is 34.9 Å². The molecule has 2 aromatic carbocycles. The highest BCUT2D eigenvalue weighted by Gasteiger charge is 2.30. The van der Waals surface area contributed by atoms with Gasteiger partial charge < -0.3 is 20.5 Å². The van der Waals surface area contributed by atoms with Crippen LogP contribution in [0.3, 0.4) is 0 Å². The Morgan fingerprint density at radius 3 is 2.33 bits per heavy atom. The zero-order chi connectivity index (χ0) is 23.4. The molecule has 1 unspecified atom stereocenters. The number of amides is 2. The Labute approximate surface area is 192 Å². The molecule has 4 rings (SSSR count). The zero-order valence-electron chi connectivity index (χ0n) is 18.5. The summed E-state index contributed by atoms with van der Waals surface area (Å²) in [6, 6.07) is 15.5. The third-order valence-corrected chi connectivity index (χ3v) is 6.21. The highest BCUT2D eigenvalue weighted by Crippen LogP contribution is 2.44. The number of carbonyl (C=O) groups excluding carboxylic acids is 2. The van der Waals surface area contributed by atoms with E-state index < -0.39 is 18.1 Å². The van der Waals surface area contributed by atoms with Crippen LogP contribution in [0.1, 0.15) is 43.2 Å². The number of allylic oxidation sites excluding steroid dienone is 1. The lowest BCUT2D eigenvalue weighted by molar-refractivity contribution is -0.137. The molecule has 2 aliphatic carbocycles. The van der Waals surface area contributed by atoms with Gasteiger partial charge >= 0.3 is 12.1 Å². The van der Waals surface area contributed by atoms with Gasteiger partial charge in [-0.05, 0) is 42.0 Å². The molecule has 172 valence electrons. The van der Waals surface area contributed by atoms with E-state index >= 15 is 0 Å². The van der Waals surface area contributed by atoms with Gasteiger partial charge in [0.1, 0.15) is 6.61 Å². The van der Waals surface area contributed by atoms with Crippen molar-refractivity contribution in [3.8, 4) is 11.1 Å². The summed E-state index contributed by atoms with van der Waals surface area (Å²) in [4.78, 5) is 35.8. The van der Waals surface area contributed by atoms with Crippen LogP contribution in [0.25, 0.3) is 11.1 Å². The van der Waals surface area contributed by atoms with Crippen molar-refractivity contribution < 1.29 is 24.2 Å². The van der Waals surface area contributed by atoms with Crippen molar-refractivity contribution in [3.63, 3.8) is 0 Å². The summed E-state index contributed by atoms with van der Waals surface area (Å²) in [5, 5.41) is 14.4. The van der Waals surface area contributed by atoms with E-state index in [4.69, 9.17) is 9.84 Å². The number of carbonyl (C=O) groups is 3. The van der Waals surface area contributed by atoms with Gasteiger partial charge in [0.15, 0.2) is 0 Å². The first kappa shape index (κ1) is 22.6. The van der Waals surface area contributed by atoms with Crippen LogP contribution in [-0.4, -0.2) is 41.8 Å². The van der Waals surface area contributed by atoms with Crippen molar-refractivity contribution in [1.82, 2.24) is 10.6 Å². The lowest BCUT2D eigenvalue weighted by Crippen LogP contribution is -2.43. The first-order valence-corrected chi connectivity index (χ1v) is 11.2. The fraction of sp³-hybridized carbons (Fsp3) is 0.346. The normalized spacial score (nSPS) is 19.8. The van der Waals surface area contributed by atoms with Crippen LogP contribution in [0, 0.1) is 5.92 Å². The van der Waals surface area contributed by atoms with E-state index in [0.29, 0.717) is 12.8 Å². The molecule has 0 bridgehead atoms. The summed E-state index contributed by atoms with van der Waals surface area (Å²) in [6.45, 7) is 1.89. The highest BCUT2D eigenvalue weighted by molar-refractivity contribution is 5.81. The zero-order valence-corrected chi connectivity index (χ0v) is 18.5. The first-order valence-electron chi connectivity index (χ1n) is 11.2. The van der Waals surface area contributed by atoms with Crippen LogP contribution < -0.4 is 10.6 Å². The molecule has 0 spiro atoms. The van der Waals surface area contributed by atoms with Gasteiger partial charge in [0.25, 0.3) is 0 Å². The number of ether oxygens (including phenoxy) is 1. The molecule has 3 atom stereocenters. The van der Waals surface area contributed by atoms with Gasteiger partial charge in [-0.15, -0.1) is 0 Å². The lowest BCUT2D eigenvalue weighted by atomic mass is 9.90. The van der Waals surface area contributed by atoms with E-state index in [1.165, 1.54) is 11.1 Å². The van der Waals surface area contributed by atoms with Crippen molar-refractivity contribution in [2.75, 3.05) is 6.61 Å². The molecule has 0 aliphatic heterocycles. The van der Waals surface area contributed by atoms with E-state index in [9.17, 15) is 14.4 Å². The Morgan fingerprint density at radius 2 is 1.70 bits per heavy atom. The van der Waals surface area contributed by atoms with Crippen molar-refractivity contribution in [3.05, 3.63) is 71.8 Å². The number of alkyl carbamates (subject to hydrolysis) is 1. The molecule has 2 aliphatic rings. The molecular weight excluding hydrogens is 420 g/mol.